The third-order valence-electron chi connectivity index (χ3n) is 2.23. The van der Waals surface area contributed by atoms with Crippen LogP contribution in [0.2, 0.25) is 0 Å². The van der Waals surface area contributed by atoms with Crippen molar-refractivity contribution in [3.05, 3.63) is 35.9 Å². The smallest absolute Gasteiger partial charge is 0.254 e. The Morgan fingerprint density at radius 1 is 1.33 bits per heavy atom. The minimum absolute atomic E-state index is 0.102. The summed E-state index contributed by atoms with van der Waals surface area (Å²) >= 11 is 3.37. The van der Waals surface area contributed by atoms with E-state index >= 15 is 0 Å². The van der Waals surface area contributed by atoms with Crippen LogP contribution in [0, 0.1) is 0 Å². The van der Waals surface area contributed by atoms with Crippen molar-refractivity contribution in [2.75, 3.05) is 11.9 Å². The number of nitrogens with zero attached hydrogens (tertiary/aromatic N) is 1. The molecule has 1 rings (SSSR count). The van der Waals surface area contributed by atoms with Gasteiger partial charge in [-0.15, -0.1) is 0 Å². The lowest BCUT2D eigenvalue weighted by atomic mass is 10.2. The zero-order chi connectivity index (χ0) is 11.3. The zero-order valence-corrected chi connectivity index (χ0v) is 10.7. The lowest BCUT2D eigenvalue weighted by molar-refractivity contribution is 0.0719. The molecule has 0 aliphatic heterocycles. The zero-order valence-electron chi connectivity index (χ0n) is 9.11. The summed E-state index contributed by atoms with van der Waals surface area (Å²) in [5.41, 5.74) is 0.757. The van der Waals surface area contributed by atoms with E-state index in [0.29, 0.717) is 0 Å². The van der Waals surface area contributed by atoms with Crippen LogP contribution in [0.5, 0.6) is 0 Å². The van der Waals surface area contributed by atoms with Crippen LogP contribution in [0.1, 0.15) is 24.2 Å². The summed E-state index contributed by atoms with van der Waals surface area (Å²) in [6, 6.07) is 9.63. The van der Waals surface area contributed by atoms with Gasteiger partial charge in [-0.3, -0.25) is 4.79 Å². The van der Waals surface area contributed by atoms with E-state index in [2.05, 4.69) is 15.9 Å². The molecular formula is C12H16BrNO. The first-order valence-electron chi connectivity index (χ1n) is 5.08. The van der Waals surface area contributed by atoms with Crippen molar-refractivity contribution < 1.29 is 4.79 Å². The minimum atomic E-state index is 0.102. The van der Waals surface area contributed by atoms with Crippen LogP contribution in [0.4, 0.5) is 0 Å². The van der Waals surface area contributed by atoms with Crippen molar-refractivity contribution in [3.8, 4) is 0 Å². The van der Waals surface area contributed by atoms with Gasteiger partial charge in [0.2, 0.25) is 0 Å². The Morgan fingerprint density at radius 2 is 1.93 bits per heavy atom. The van der Waals surface area contributed by atoms with Crippen LogP contribution in [0.25, 0.3) is 0 Å². The SMILES string of the molecule is CC(C)N(CCBr)C(=O)c1ccccc1. The van der Waals surface area contributed by atoms with Gasteiger partial charge in [0, 0.05) is 23.5 Å². The molecule has 0 radical (unpaired) electrons. The van der Waals surface area contributed by atoms with Crippen molar-refractivity contribution in [1.29, 1.82) is 0 Å². The number of halogens is 1. The number of benzene rings is 1. The third-order valence-corrected chi connectivity index (χ3v) is 2.59. The fourth-order valence-electron chi connectivity index (χ4n) is 1.43. The maximum absolute atomic E-state index is 12.1. The van der Waals surface area contributed by atoms with Crippen molar-refractivity contribution in [1.82, 2.24) is 4.90 Å². The maximum Gasteiger partial charge on any atom is 0.254 e. The van der Waals surface area contributed by atoms with Gasteiger partial charge in [0.1, 0.15) is 0 Å². The Kier molecular flexibility index (Phi) is 4.82. The van der Waals surface area contributed by atoms with E-state index in [0.717, 1.165) is 17.4 Å². The van der Waals surface area contributed by atoms with Gasteiger partial charge >= 0.3 is 0 Å². The van der Waals surface area contributed by atoms with Gasteiger partial charge in [0.25, 0.3) is 5.91 Å². The summed E-state index contributed by atoms with van der Waals surface area (Å²) in [6.07, 6.45) is 0. The van der Waals surface area contributed by atoms with E-state index in [1.165, 1.54) is 0 Å². The van der Waals surface area contributed by atoms with Crippen molar-refractivity contribution in [3.63, 3.8) is 0 Å². The maximum atomic E-state index is 12.1. The highest BCUT2D eigenvalue weighted by molar-refractivity contribution is 9.09. The fourth-order valence-corrected chi connectivity index (χ4v) is 1.81. The van der Waals surface area contributed by atoms with Crippen molar-refractivity contribution >= 4 is 21.8 Å². The molecule has 0 spiro atoms. The molecule has 0 unspecified atom stereocenters. The number of rotatable bonds is 4. The second-order valence-corrected chi connectivity index (χ2v) is 4.44. The standard InChI is InChI=1S/C12H16BrNO/c1-10(2)14(9-8-13)12(15)11-6-4-3-5-7-11/h3-7,10H,8-9H2,1-2H3. The predicted octanol–water partition coefficient (Wildman–Crippen LogP) is 2.93. The summed E-state index contributed by atoms with van der Waals surface area (Å²) in [5.74, 6) is 0.102. The van der Waals surface area contributed by atoms with E-state index in [9.17, 15) is 4.79 Å². The molecule has 3 heteroatoms. The average Bonchev–Trinajstić information content (AvgIpc) is 2.26. The highest BCUT2D eigenvalue weighted by Crippen LogP contribution is 2.08. The van der Waals surface area contributed by atoms with E-state index in [4.69, 9.17) is 0 Å². The molecule has 1 amide bonds. The van der Waals surface area contributed by atoms with E-state index in [1.807, 2.05) is 49.1 Å². The Morgan fingerprint density at radius 3 is 2.40 bits per heavy atom. The van der Waals surface area contributed by atoms with Gasteiger partial charge in [0.05, 0.1) is 0 Å². The molecule has 0 bridgehead atoms. The number of hydrogen-bond acceptors (Lipinski definition) is 1. The molecule has 0 fully saturated rings. The van der Waals surface area contributed by atoms with Gasteiger partial charge in [-0.1, -0.05) is 34.1 Å². The van der Waals surface area contributed by atoms with Gasteiger partial charge < -0.3 is 4.90 Å². The number of hydrogen-bond donors (Lipinski definition) is 0. The topological polar surface area (TPSA) is 20.3 Å². The summed E-state index contributed by atoms with van der Waals surface area (Å²) in [7, 11) is 0. The highest BCUT2D eigenvalue weighted by atomic mass is 79.9. The third kappa shape index (κ3) is 3.34. The molecule has 0 aromatic heterocycles. The second-order valence-electron chi connectivity index (χ2n) is 3.65. The minimum Gasteiger partial charge on any atom is -0.335 e. The first-order chi connectivity index (χ1) is 7.16. The summed E-state index contributed by atoms with van der Waals surface area (Å²) in [4.78, 5) is 13.9. The predicted molar refractivity (Wildman–Crippen MR) is 66.4 cm³/mol. The molecule has 0 aliphatic rings. The lowest BCUT2D eigenvalue weighted by Crippen LogP contribution is -2.38. The molecule has 0 aliphatic carbocycles. The van der Waals surface area contributed by atoms with Crippen LogP contribution >= 0.6 is 15.9 Å². The van der Waals surface area contributed by atoms with Crippen molar-refractivity contribution in [2.24, 2.45) is 0 Å². The summed E-state index contributed by atoms with van der Waals surface area (Å²) < 4.78 is 0. The first kappa shape index (κ1) is 12.2. The quantitative estimate of drug-likeness (QED) is 0.770. The van der Waals surface area contributed by atoms with Gasteiger partial charge in [-0.05, 0) is 26.0 Å². The Bertz CT molecular complexity index is 311. The first-order valence-corrected chi connectivity index (χ1v) is 6.21. The molecule has 15 heavy (non-hydrogen) atoms. The number of amides is 1. The van der Waals surface area contributed by atoms with Crippen molar-refractivity contribution in [2.45, 2.75) is 19.9 Å². The van der Waals surface area contributed by atoms with E-state index in [-0.39, 0.29) is 11.9 Å². The Hall–Kier alpha value is -0.830. The van der Waals surface area contributed by atoms with Crippen LogP contribution in [0.15, 0.2) is 30.3 Å². The van der Waals surface area contributed by atoms with Crippen LogP contribution in [-0.4, -0.2) is 28.7 Å². The van der Waals surface area contributed by atoms with E-state index in [1.54, 1.807) is 0 Å². The van der Waals surface area contributed by atoms with E-state index < -0.39 is 0 Å². The Labute approximate surface area is 99.4 Å². The molecule has 0 N–H and O–H groups in total. The van der Waals surface area contributed by atoms with Gasteiger partial charge in [-0.25, -0.2) is 0 Å². The number of alkyl halides is 1. The molecule has 0 heterocycles. The van der Waals surface area contributed by atoms with Gasteiger partial charge in [-0.2, -0.15) is 0 Å². The highest BCUT2D eigenvalue weighted by Gasteiger charge is 2.17. The lowest BCUT2D eigenvalue weighted by Gasteiger charge is -2.26. The fraction of sp³-hybridized carbons (Fsp3) is 0.417. The molecule has 2 nitrogen and oxygen atoms in total. The molecule has 82 valence electrons. The molecule has 1 aromatic rings. The average molecular weight is 270 g/mol. The Balaban J connectivity index is 2.81. The monoisotopic (exact) mass is 269 g/mol. The van der Waals surface area contributed by atoms with Crippen LogP contribution in [-0.2, 0) is 0 Å². The number of carbonyl (C=O) groups is 1. The molecule has 0 saturated carbocycles. The number of carbonyl (C=O) groups excluding carboxylic acids is 1. The summed E-state index contributed by atoms with van der Waals surface area (Å²) in [6.45, 7) is 4.80. The molecule has 1 aromatic carbocycles. The molecule has 0 atom stereocenters. The second kappa shape index (κ2) is 5.91. The normalized spacial score (nSPS) is 10.4. The van der Waals surface area contributed by atoms with Gasteiger partial charge in [0.15, 0.2) is 0 Å². The largest absolute Gasteiger partial charge is 0.335 e. The van der Waals surface area contributed by atoms with Crippen LogP contribution < -0.4 is 0 Å². The summed E-state index contributed by atoms with van der Waals surface area (Å²) in [5, 5.41) is 0.809. The van der Waals surface area contributed by atoms with Crippen LogP contribution in [0.3, 0.4) is 0 Å². The molecule has 0 saturated heterocycles. The molecular weight excluding hydrogens is 254 g/mol.